The van der Waals surface area contributed by atoms with E-state index >= 15 is 0 Å². The lowest BCUT2D eigenvalue weighted by molar-refractivity contribution is 0.0744. The summed E-state index contributed by atoms with van der Waals surface area (Å²) in [5.74, 6) is 0.381. The molecule has 0 spiro atoms. The van der Waals surface area contributed by atoms with Crippen LogP contribution in [0.5, 0.6) is 5.75 Å². The number of benzene rings is 1. The van der Waals surface area contributed by atoms with Crippen LogP contribution in [-0.2, 0) is 6.42 Å². The van der Waals surface area contributed by atoms with Crippen molar-refractivity contribution in [2.24, 2.45) is 5.41 Å². The molecule has 6 heteroatoms. The third kappa shape index (κ3) is 3.44. The van der Waals surface area contributed by atoms with Gasteiger partial charge < -0.3 is 14.7 Å². The van der Waals surface area contributed by atoms with Gasteiger partial charge in [-0.2, -0.15) is 0 Å². The van der Waals surface area contributed by atoms with E-state index in [1.807, 2.05) is 0 Å². The topological polar surface area (TPSA) is 49.8 Å². The first-order valence-electron chi connectivity index (χ1n) is 7.82. The Morgan fingerprint density at radius 3 is 2.79 bits per heavy atom. The molecule has 2 heterocycles. The van der Waals surface area contributed by atoms with E-state index in [-0.39, 0.29) is 23.7 Å². The van der Waals surface area contributed by atoms with Crippen molar-refractivity contribution < 1.29 is 19.0 Å². The van der Waals surface area contributed by atoms with Gasteiger partial charge in [0.25, 0.3) is 5.91 Å². The van der Waals surface area contributed by atoms with Crippen LogP contribution in [0.25, 0.3) is 0 Å². The minimum absolute atomic E-state index is 0.00190. The van der Waals surface area contributed by atoms with Crippen LogP contribution in [0.2, 0.25) is 0 Å². The lowest BCUT2D eigenvalue weighted by atomic mass is 9.81. The third-order valence-electron chi connectivity index (χ3n) is 4.58. The summed E-state index contributed by atoms with van der Waals surface area (Å²) in [7, 11) is 1.58. The van der Waals surface area contributed by atoms with Crippen molar-refractivity contribution >= 4 is 17.2 Å². The number of aliphatic hydroxyl groups is 1. The van der Waals surface area contributed by atoms with Crippen LogP contribution >= 0.6 is 11.3 Å². The highest BCUT2D eigenvalue weighted by Gasteiger charge is 2.40. The molecule has 1 N–H and O–H groups in total. The summed E-state index contributed by atoms with van der Waals surface area (Å²) in [4.78, 5) is 15.1. The molecule has 128 valence electrons. The Hall–Kier alpha value is -1.92. The van der Waals surface area contributed by atoms with Gasteiger partial charge in [-0.3, -0.25) is 4.79 Å². The fourth-order valence-corrected chi connectivity index (χ4v) is 3.99. The van der Waals surface area contributed by atoms with Gasteiger partial charge in [0, 0.05) is 30.0 Å². The Labute approximate surface area is 144 Å². The van der Waals surface area contributed by atoms with Crippen molar-refractivity contribution in [3.05, 3.63) is 52.0 Å². The molecule has 1 aromatic carbocycles. The molecule has 0 aliphatic carbocycles. The van der Waals surface area contributed by atoms with Gasteiger partial charge in [0.2, 0.25) is 0 Å². The predicted octanol–water partition coefficient (Wildman–Crippen LogP) is 2.96. The fraction of sp³-hybridized carbons (Fsp3) is 0.389. The SMILES string of the molecule is COc1csc(C(=O)N2CCC(CO)(Cc3ccc(F)cc3)C2)c1. The van der Waals surface area contributed by atoms with E-state index in [1.165, 1.54) is 23.5 Å². The van der Waals surface area contributed by atoms with Crippen molar-refractivity contribution in [2.45, 2.75) is 12.8 Å². The zero-order valence-corrected chi connectivity index (χ0v) is 14.3. The van der Waals surface area contributed by atoms with Gasteiger partial charge in [-0.05, 0) is 30.5 Å². The number of aliphatic hydroxyl groups excluding tert-OH is 1. The minimum Gasteiger partial charge on any atom is -0.496 e. The van der Waals surface area contributed by atoms with Gasteiger partial charge in [0.05, 0.1) is 18.6 Å². The number of rotatable bonds is 5. The largest absolute Gasteiger partial charge is 0.496 e. The summed E-state index contributed by atoms with van der Waals surface area (Å²) < 4.78 is 18.2. The quantitative estimate of drug-likeness (QED) is 0.903. The molecule has 1 aromatic heterocycles. The van der Waals surface area contributed by atoms with E-state index in [4.69, 9.17) is 4.74 Å². The fourth-order valence-electron chi connectivity index (χ4n) is 3.17. The molecule has 1 aliphatic heterocycles. The number of likely N-dealkylation sites (tertiary alicyclic amines) is 1. The van der Waals surface area contributed by atoms with Crippen LogP contribution in [0.1, 0.15) is 21.7 Å². The Balaban J connectivity index is 1.71. The first-order chi connectivity index (χ1) is 11.5. The second-order valence-corrected chi connectivity index (χ2v) is 7.20. The average Bonchev–Trinajstić information content (AvgIpc) is 3.24. The summed E-state index contributed by atoms with van der Waals surface area (Å²) in [5.41, 5.74) is 0.604. The van der Waals surface area contributed by atoms with Crippen molar-refractivity contribution in [2.75, 3.05) is 26.8 Å². The number of nitrogens with zero attached hydrogens (tertiary/aromatic N) is 1. The molecule has 1 aliphatic rings. The zero-order valence-electron chi connectivity index (χ0n) is 13.5. The lowest BCUT2D eigenvalue weighted by Gasteiger charge is -2.27. The second-order valence-electron chi connectivity index (χ2n) is 6.29. The highest BCUT2D eigenvalue weighted by atomic mass is 32.1. The molecule has 24 heavy (non-hydrogen) atoms. The molecule has 4 nitrogen and oxygen atoms in total. The van der Waals surface area contributed by atoms with Crippen molar-refractivity contribution in [1.29, 1.82) is 0 Å². The maximum absolute atomic E-state index is 13.1. The van der Waals surface area contributed by atoms with Crippen LogP contribution in [0, 0.1) is 11.2 Å². The van der Waals surface area contributed by atoms with E-state index in [1.54, 1.807) is 35.6 Å². The van der Waals surface area contributed by atoms with Crippen LogP contribution < -0.4 is 4.74 Å². The van der Waals surface area contributed by atoms with Gasteiger partial charge >= 0.3 is 0 Å². The summed E-state index contributed by atoms with van der Waals surface area (Å²) in [6.45, 7) is 1.11. The lowest BCUT2D eigenvalue weighted by Crippen LogP contribution is -2.35. The first kappa shape index (κ1) is 16.9. The Morgan fingerprint density at radius 2 is 2.17 bits per heavy atom. The molecule has 1 unspecified atom stereocenters. The number of thiophene rings is 1. The van der Waals surface area contributed by atoms with Gasteiger partial charge in [-0.25, -0.2) is 4.39 Å². The van der Waals surface area contributed by atoms with Crippen molar-refractivity contribution in [3.63, 3.8) is 0 Å². The summed E-state index contributed by atoms with van der Waals surface area (Å²) in [5, 5.41) is 11.7. The number of carbonyl (C=O) groups excluding carboxylic acids is 1. The third-order valence-corrected chi connectivity index (χ3v) is 5.47. The molecule has 1 atom stereocenters. The molecule has 0 saturated carbocycles. The maximum Gasteiger partial charge on any atom is 0.264 e. The minimum atomic E-state index is -0.366. The number of methoxy groups -OCH3 is 1. The maximum atomic E-state index is 13.1. The van der Waals surface area contributed by atoms with Crippen LogP contribution in [0.3, 0.4) is 0 Å². The molecule has 0 radical (unpaired) electrons. The summed E-state index contributed by atoms with van der Waals surface area (Å²) >= 11 is 1.36. The van der Waals surface area contributed by atoms with E-state index in [0.717, 1.165) is 12.0 Å². The molecule has 1 fully saturated rings. The molecule has 2 aromatic rings. The van der Waals surface area contributed by atoms with Crippen molar-refractivity contribution in [1.82, 2.24) is 4.90 Å². The van der Waals surface area contributed by atoms with Gasteiger partial charge in [0.15, 0.2) is 0 Å². The molecule has 1 amide bonds. The normalized spacial score (nSPS) is 20.4. The van der Waals surface area contributed by atoms with Crippen LogP contribution in [0.15, 0.2) is 35.7 Å². The molecule has 0 bridgehead atoms. The highest BCUT2D eigenvalue weighted by molar-refractivity contribution is 7.12. The molecule has 3 rings (SSSR count). The van der Waals surface area contributed by atoms with Crippen LogP contribution in [0.4, 0.5) is 4.39 Å². The second kappa shape index (κ2) is 6.91. The van der Waals surface area contributed by atoms with Crippen molar-refractivity contribution in [3.8, 4) is 5.75 Å². The standard InChI is InChI=1S/C18H20FNO3S/c1-23-15-8-16(24-10-15)17(22)20-7-6-18(11-20,12-21)9-13-2-4-14(19)5-3-13/h2-5,8,10,21H,6-7,9,11-12H2,1H3. The van der Waals surface area contributed by atoms with Gasteiger partial charge in [-0.15, -0.1) is 11.3 Å². The number of halogens is 1. The Kier molecular flexibility index (Phi) is 4.87. The predicted molar refractivity (Wildman–Crippen MR) is 91.0 cm³/mol. The van der Waals surface area contributed by atoms with E-state index < -0.39 is 0 Å². The van der Waals surface area contributed by atoms with Gasteiger partial charge in [-0.1, -0.05) is 12.1 Å². The smallest absolute Gasteiger partial charge is 0.264 e. The summed E-state index contributed by atoms with van der Waals surface area (Å²) in [6.07, 6.45) is 1.36. The molecular formula is C18H20FNO3S. The van der Waals surface area contributed by atoms with E-state index in [2.05, 4.69) is 0 Å². The van der Waals surface area contributed by atoms with Gasteiger partial charge in [0.1, 0.15) is 11.6 Å². The van der Waals surface area contributed by atoms with Crippen LogP contribution in [-0.4, -0.2) is 42.7 Å². The zero-order chi connectivity index (χ0) is 17.2. The summed E-state index contributed by atoms with van der Waals surface area (Å²) in [6, 6.07) is 8.07. The van der Waals surface area contributed by atoms with E-state index in [0.29, 0.717) is 30.1 Å². The monoisotopic (exact) mass is 349 g/mol. The number of carbonyl (C=O) groups is 1. The molecular weight excluding hydrogens is 329 g/mol. The average molecular weight is 349 g/mol. The molecule has 1 saturated heterocycles. The van der Waals surface area contributed by atoms with E-state index in [9.17, 15) is 14.3 Å². The Bertz CT molecular complexity index is 715. The highest BCUT2D eigenvalue weighted by Crippen LogP contribution is 2.35. The number of ether oxygens (including phenoxy) is 1. The Morgan fingerprint density at radius 1 is 1.42 bits per heavy atom. The number of hydrogen-bond acceptors (Lipinski definition) is 4. The first-order valence-corrected chi connectivity index (χ1v) is 8.70. The number of hydrogen-bond donors (Lipinski definition) is 1. The number of amides is 1.